The predicted octanol–water partition coefficient (Wildman–Crippen LogP) is 2.49. The average Bonchev–Trinajstić information content (AvgIpc) is 2.80. The molecule has 2 rings (SSSR count). The third kappa shape index (κ3) is 2.45. The second-order valence-electron chi connectivity index (χ2n) is 4.23. The van der Waals surface area contributed by atoms with Gasteiger partial charge >= 0.3 is 5.97 Å². The molecule has 0 saturated carbocycles. The van der Waals surface area contributed by atoms with Crippen molar-refractivity contribution in [2.75, 3.05) is 14.2 Å². The summed E-state index contributed by atoms with van der Waals surface area (Å²) in [6.45, 7) is 3.83. The zero-order valence-electron chi connectivity index (χ0n) is 11.4. The van der Waals surface area contributed by atoms with Crippen molar-refractivity contribution in [2.24, 2.45) is 0 Å². The van der Waals surface area contributed by atoms with Gasteiger partial charge in [-0.25, -0.2) is 9.78 Å². The van der Waals surface area contributed by atoms with E-state index in [-0.39, 0.29) is 5.82 Å². The topological polar surface area (TPSA) is 64.2 Å². The number of aryl methyl sites for hydroxylation is 2. The minimum atomic E-state index is -0.473. The van der Waals surface area contributed by atoms with Crippen LogP contribution in [0.3, 0.4) is 0 Å². The molecule has 5 heteroatoms. The first-order valence-electron chi connectivity index (χ1n) is 5.86. The summed E-state index contributed by atoms with van der Waals surface area (Å²) in [5.74, 6) is 0.563. The van der Waals surface area contributed by atoms with Gasteiger partial charge in [-0.1, -0.05) is 0 Å². The van der Waals surface area contributed by atoms with Crippen molar-refractivity contribution in [3.8, 4) is 17.0 Å². The summed E-state index contributed by atoms with van der Waals surface area (Å²) in [6, 6.07) is 5.77. The van der Waals surface area contributed by atoms with Crippen LogP contribution in [0.2, 0.25) is 0 Å². The number of nitrogens with one attached hydrogen (secondary N) is 1. The summed E-state index contributed by atoms with van der Waals surface area (Å²) in [5.41, 5.74) is 3.51. The number of hydrogen-bond acceptors (Lipinski definition) is 4. The van der Waals surface area contributed by atoms with Gasteiger partial charge in [-0.3, -0.25) is 0 Å². The van der Waals surface area contributed by atoms with E-state index >= 15 is 0 Å². The second-order valence-corrected chi connectivity index (χ2v) is 4.23. The summed E-state index contributed by atoms with van der Waals surface area (Å²) in [6.07, 6.45) is 0. The van der Waals surface area contributed by atoms with E-state index in [0.717, 1.165) is 28.3 Å². The van der Waals surface area contributed by atoms with Crippen molar-refractivity contribution in [1.82, 2.24) is 9.97 Å². The molecule has 0 spiro atoms. The maximum atomic E-state index is 11.4. The summed E-state index contributed by atoms with van der Waals surface area (Å²) in [5, 5.41) is 0. The van der Waals surface area contributed by atoms with E-state index in [0.29, 0.717) is 0 Å². The monoisotopic (exact) mass is 260 g/mol. The van der Waals surface area contributed by atoms with Gasteiger partial charge in [0.15, 0.2) is 0 Å². The standard InChI is InChI=1S/C14H16N2O3/c1-8-7-10(5-6-11(8)18-3)12-9(2)15-13(16-12)14(17)19-4/h5-7H,1-4H3,(H,15,16). The highest BCUT2D eigenvalue weighted by molar-refractivity contribution is 5.86. The minimum absolute atomic E-state index is 0.212. The van der Waals surface area contributed by atoms with Gasteiger partial charge in [-0.2, -0.15) is 0 Å². The zero-order valence-corrected chi connectivity index (χ0v) is 11.4. The van der Waals surface area contributed by atoms with Crippen molar-refractivity contribution >= 4 is 5.97 Å². The molecular formula is C14H16N2O3. The maximum absolute atomic E-state index is 11.4. The van der Waals surface area contributed by atoms with Gasteiger partial charge in [-0.15, -0.1) is 0 Å². The Bertz CT molecular complexity index is 617. The van der Waals surface area contributed by atoms with Crippen LogP contribution in [-0.2, 0) is 4.74 Å². The Hall–Kier alpha value is -2.30. The van der Waals surface area contributed by atoms with Crippen molar-refractivity contribution in [3.05, 3.63) is 35.3 Å². The molecule has 0 aliphatic heterocycles. The highest BCUT2D eigenvalue weighted by Crippen LogP contribution is 2.27. The summed E-state index contributed by atoms with van der Waals surface area (Å²) < 4.78 is 9.87. The fraction of sp³-hybridized carbons (Fsp3) is 0.286. The number of H-pyrrole nitrogens is 1. The number of benzene rings is 1. The Balaban J connectivity index is 2.44. The lowest BCUT2D eigenvalue weighted by Gasteiger charge is -2.06. The van der Waals surface area contributed by atoms with Crippen LogP contribution >= 0.6 is 0 Å². The summed E-state index contributed by atoms with van der Waals surface area (Å²) >= 11 is 0. The Labute approximate surface area is 111 Å². The van der Waals surface area contributed by atoms with Crippen LogP contribution in [0.5, 0.6) is 5.75 Å². The van der Waals surface area contributed by atoms with Crippen molar-refractivity contribution in [1.29, 1.82) is 0 Å². The van der Waals surface area contributed by atoms with Crippen LogP contribution in [0, 0.1) is 13.8 Å². The number of aromatic amines is 1. The molecule has 0 fully saturated rings. The molecule has 0 aliphatic rings. The first-order valence-corrected chi connectivity index (χ1v) is 5.86. The van der Waals surface area contributed by atoms with Crippen LogP contribution in [0.15, 0.2) is 18.2 Å². The molecule has 2 aromatic rings. The molecule has 0 bridgehead atoms. The van der Waals surface area contributed by atoms with E-state index in [1.165, 1.54) is 7.11 Å². The number of carbonyl (C=O) groups is 1. The Morgan fingerprint density at radius 3 is 2.58 bits per heavy atom. The third-order valence-electron chi connectivity index (χ3n) is 2.93. The first-order chi connectivity index (χ1) is 9.06. The molecule has 0 atom stereocenters. The van der Waals surface area contributed by atoms with Crippen LogP contribution in [0.4, 0.5) is 0 Å². The molecule has 0 unspecified atom stereocenters. The van der Waals surface area contributed by atoms with Crippen LogP contribution in [0.25, 0.3) is 11.3 Å². The molecule has 0 saturated heterocycles. The number of rotatable bonds is 3. The van der Waals surface area contributed by atoms with Crippen molar-refractivity contribution < 1.29 is 14.3 Å². The van der Waals surface area contributed by atoms with Gasteiger partial charge in [0.25, 0.3) is 0 Å². The molecule has 1 aromatic heterocycles. The quantitative estimate of drug-likeness (QED) is 0.861. The van der Waals surface area contributed by atoms with Crippen LogP contribution in [-0.4, -0.2) is 30.2 Å². The van der Waals surface area contributed by atoms with Gasteiger partial charge in [0.05, 0.1) is 19.9 Å². The number of methoxy groups -OCH3 is 2. The number of esters is 1. The predicted molar refractivity (Wildman–Crippen MR) is 71.4 cm³/mol. The largest absolute Gasteiger partial charge is 0.496 e. The fourth-order valence-corrected chi connectivity index (χ4v) is 1.96. The van der Waals surface area contributed by atoms with E-state index < -0.39 is 5.97 Å². The van der Waals surface area contributed by atoms with E-state index in [9.17, 15) is 4.79 Å². The van der Waals surface area contributed by atoms with E-state index in [1.54, 1.807) is 7.11 Å². The van der Waals surface area contributed by atoms with Crippen molar-refractivity contribution in [2.45, 2.75) is 13.8 Å². The molecule has 1 heterocycles. The van der Waals surface area contributed by atoms with Gasteiger partial charge < -0.3 is 14.5 Å². The smallest absolute Gasteiger partial charge is 0.374 e. The molecule has 1 N–H and O–H groups in total. The van der Waals surface area contributed by atoms with Crippen LogP contribution < -0.4 is 4.74 Å². The molecule has 100 valence electrons. The molecule has 0 radical (unpaired) electrons. The highest BCUT2D eigenvalue weighted by atomic mass is 16.5. The maximum Gasteiger partial charge on any atom is 0.374 e. The Morgan fingerprint density at radius 1 is 1.26 bits per heavy atom. The molecular weight excluding hydrogens is 244 g/mol. The number of ether oxygens (including phenoxy) is 2. The molecule has 1 aromatic carbocycles. The lowest BCUT2D eigenvalue weighted by molar-refractivity contribution is 0.0588. The third-order valence-corrected chi connectivity index (χ3v) is 2.93. The van der Waals surface area contributed by atoms with Gasteiger partial charge in [-0.05, 0) is 37.6 Å². The fourth-order valence-electron chi connectivity index (χ4n) is 1.96. The van der Waals surface area contributed by atoms with Gasteiger partial charge in [0.2, 0.25) is 5.82 Å². The van der Waals surface area contributed by atoms with E-state index in [1.807, 2.05) is 32.0 Å². The number of imidazole rings is 1. The number of hydrogen-bond donors (Lipinski definition) is 1. The van der Waals surface area contributed by atoms with Crippen molar-refractivity contribution in [3.63, 3.8) is 0 Å². The summed E-state index contributed by atoms with van der Waals surface area (Å²) in [4.78, 5) is 18.6. The lowest BCUT2D eigenvalue weighted by atomic mass is 10.1. The first kappa shape index (κ1) is 13.1. The van der Waals surface area contributed by atoms with E-state index in [2.05, 4.69) is 14.7 Å². The summed E-state index contributed by atoms with van der Waals surface area (Å²) in [7, 11) is 2.97. The SMILES string of the molecule is COC(=O)c1nc(-c2ccc(OC)c(C)c2)c(C)[nH]1. The highest BCUT2D eigenvalue weighted by Gasteiger charge is 2.15. The van der Waals surface area contributed by atoms with Gasteiger partial charge in [0.1, 0.15) is 5.75 Å². The number of aromatic nitrogens is 2. The minimum Gasteiger partial charge on any atom is -0.496 e. The van der Waals surface area contributed by atoms with Crippen LogP contribution in [0.1, 0.15) is 21.9 Å². The molecule has 0 amide bonds. The number of carbonyl (C=O) groups excluding carboxylic acids is 1. The second kappa shape index (κ2) is 5.14. The molecule has 0 aliphatic carbocycles. The normalized spacial score (nSPS) is 10.3. The lowest BCUT2D eigenvalue weighted by Crippen LogP contribution is -2.03. The number of nitrogens with zero attached hydrogens (tertiary/aromatic N) is 1. The molecule has 19 heavy (non-hydrogen) atoms. The molecule has 5 nitrogen and oxygen atoms in total. The zero-order chi connectivity index (χ0) is 14.0. The Morgan fingerprint density at radius 2 is 2.00 bits per heavy atom. The average molecular weight is 260 g/mol. The van der Waals surface area contributed by atoms with Gasteiger partial charge in [0, 0.05) is 11.3 Å². The Kier molecular flexibility index (Phi) is 3.55. The van der Waals surface area contributed by atoms with E-state index in [4.69, 9.17) is 4.74 Å².